The molecule has 4 atom stereocenters. The van der Waals surface area contributed by atoms with Gasteiger partial charge in [0.2, 0.25) is 11.8 Å². The highest BCUT2D eigenvalue weighted by Gasteiger charge is 2.33. The number of benzene rings is 2. The fraction of sp³-hybridized carbons (Fsp3) is 0.556. The number of hydrogen-bond donors (Lipinski definition) is 3. The second kappa shape index (κ2) is 19.2. The molecule has 9 nitrogen and oxygen atoms in total. The van der Waals surface area contributed by atoms with E-state index >= 15 is 0 Å². The van der Waals surface area contributed by atoms with Gasteiger partial charge in [-0.05, 0) is 62.1 Å². The number of Topliss-reactive ketones (excluding diaryl/α,β-unsaturated/α-hetero) is 2. The van der Waals surface area contributed by atoms with Crippen molar-refractivity contribution >= 4 is 23.4 Å². The zero-order chi connectivity index (χ0) is 32.6. The van der Waals surface area contributed by atoms with E-state index in [2.05, 4.69) is 5.32 Å². The van der Waals surface area contributed by atoms with Crippen molar-refractivity contribution in [2.75, 3.05) is 32.8 Å². The van der Waals surface area contributed by atoms with Crippen molar-refractivity contribution in [1.82, 2.24) is 10.2 Å². The summed E-state index contributed by atoms with van der Waals surface area (Å²) >= 11 is 0. The third-order valence-corrected chi connectivity index (χ3v) is 8.36. The van der Waals surface area contributed by atoms with Gasteiger partial charge in [-0.25, -0.2) is 0 Å². The van der Waals surface area contributed by atoms with Crippen molar-refractivity contribution in [3.05, 3.63) is 71.8 Å². The molecule has 1 saturated heterocycles. The van der Waals surface area contributed by atoms with E-state index in [0.29, 0.717) is 65.0 Å². The van der Waals surface area contributed by atoms with E-state index in [1.807, 2.05) is 74.5 Å². The summed E-state index contributed by atoms with van der Waals surface area (Å²) in [6, 6.07) is 17.6. The average Bonchev–Trinajstić information content (AvgIpc) is 3.32. The molecule has 0 radical (unpaired) electrons. The summed E-state index contributed by atoms with van der Waals surface area (Å²) < 4.78 is 5.52. The Balaban J connectivity index is 1.76. The quantitative estimate of drug-likeness (QED) is 0.231. The Morgan fingerprint density at radius 1 is 0.844 bits per heavy atom. The number of ketones is 2. The van der Waals surface area contributed by atoms with Crippen LogP contribution in [-0.4, -0.2) is 73.2 Å². The summed E-state index contributed by atoms with van der Waals surface area (Å²) in [4.78, 5) is 56.3. The van der Waals surface area contributed by atoms with Crippen LogP contribution in [0.5, 0.6) is 0 Å². The van der Waals surface area contributed by atoms with Gasteiger partial charge in [0.05, 0.1) is 18.7 Å². The molecule has 2 aromatic carbocycles. The minimum Gasteiger partial charge on any atom is -0.380 e. The summed E-state index contributed by atoms with van der Waals surface area (Å²) in [7, 11) is 0. The minimum atomic E-state index is -0.774. The van der Waals surface area contributed by atoms with E-state index in [-0.39, 0.29) is 42.1 Å². The lowest BCUT2D eigenvalue weighted by atomic mass is 9.87. The van der Waals surface area contributed by atoms with Crippen LogP contribution in [0.25, 0.3) is 0 Å². The molecule has 9 heteroatoms. The third-order valence-electron chi connectivity index (χ3n) is 8.36. The van der Waals surface area contributed by atoms with Crippen LogP contribution in [0.15, 0.2) is 60.7 Å². The summed E-state index contributed by atoms with van der Waals surface area (Å²) in [6.07, 6.45) is 3.03. The number of nitrogens with zero attached hydrogens (tertiary/aromatic N) is 1. The van der Waals surface area contributed by atoms with Crippen LogP contribution in [0.1, 0.15) is 63.5 Å². The Hall–Kier alpha value is -3.40. The largest absolute Gasteiger partial charge is 0.380 e. The number of amides is 2. The molecule has 1 aliphatic heterocycles. The van der Waals surface area contributed by atoms with Gasteiger partial charge in [-0.15, -0.1) is 0 Å². The molecular formula is C36H52N4O5. The predicted molar refractivity (Wildman–Crippen MR) is 176 cm³/mol. The molecule has 0 aromatic heterocycles. The maximum Gasteiger partial charge on any atom is 0.226 e. The van der Waals surface area contributed by atoms with Crippen molar-refractivity contribution < 1.29 is 23.9 Å². The molecule has 1 heterocycles. The average molecular weight is 621 g/mol. The molecule has 3 rings (SSSR count). The highest BCUT2D eigenvalue weighted by Crippen LogP contribution is 2.21. The SMILES string of the molecule is CC(C)C[C@@H](NC(=O)[C@H](CC(=O)[C@H](N)Cc1ccccc1)Cc1ccccc1)C(=O)C[C@H](CCCN)C(=O)N1CCCOCC1. The van der Waals surface area contributed by atoms with Crippen molar-refractivity contribution in [2.24, 2.45) is 29.2 Å². The first-order valence-electron chi connectivity index (χ1n) is 16.4. The standard InChI is InChI=1S/C36H52N4O5/c1-26(2)21-32(34(42)24-29(15-9-16-37)36(44)40-17-10-19-45-20-18-40)39-35(43)30(22-27-11-5-3-6-12-27)25-33(41)31(38)23-28-13-7-4-8-14-28/h3-8,11-14,26,29-32H,9-10,15-25,37-38H2,1-2H3,(H,39,43)/t29-,30-,31+,32+/m0/s1. The molecule has 5 N–H and O–H groups in total. The van der Waals surface area contributed by atoms with Gasteiger partial charge in [0.25, 0.3) is 0 Å². The Bertz CT molecular complexity index is 1200. The van der Waals surface area contributed by atoms with Gasteiger partial charge >= 0.3 is 0 Å². The molecule has 246 valence electrons. The number of nitrogens with one attached hydrogen (secondary N) is 1. The van der Waals surface area contributed by atoms with Crippen LogP contribution in [-0.2, 0) is 36.8 Å². The van der Waals surface area contributed by atoms with Crippen molar-refractivity contribution in [3.8, 4) is 0 Å². The van der Waals surface area contributed by atoms with Crippen LogP contribution in [0.2, 0.25) is 0 Å². The Labute approximate surface area is 268 Å². The highest BCUT2D eigenvalue weighted by molar-refractivity contribution is 5.94. The molecule has 1 aliphatic rings. The number of carbonyl (C=O) groups excluding carboxylic acids is 4. The molecule has 2 amide bonds. The topological polar surface area (TPSA) is 145 Å². The Morgan fingerprint density at radius 3 is 2.09 bits per heavy atom. The fourth-order valence-electron chi connectivity index (χ4n) is 5.85. The number of rotatable bonds is 18. The molecule has 0 saturated carbocycles. The van der Waals surface area contributed by atoms with E-state index in [1.165, 1.54) is 0 Å². The second-order valence-electron chi connectivity index (χ2n) is 12.6. The van der Waals surface area contributed by atoms with Crippen molar-refractivity contribution in [1.29, 1.82) is 0 Å². The molecular weight excluding hydrogens is 568 g/mol. The first kappa shape index (κ1) is 36.1. The molecule has 0 aliphatic carbocycles. The zero-order valence-corrected chi connectivity index (χ0v) is 27.0. The van der Waals surface area contributed by atoms with E-state index in [1.54, 1.807) is 4.90 Å². The summed E-state index contributed by atoms with van der Waals surface area (Å²) in [5.74, 6) is -1.88. The third kappa shape index (κ3) is 12.5. The minimum absolute atomic E-state index is 0.0259. The Morgan fingerprint density at radius 2 is 1.47 bits per heavy atom. The van der Waals surface area contributed by atoms with E-state index in [4.69, 9.17) is 16.2 Å². The summed E-state index contributed by atoms with van der Waals surface area (Å²) in [6.45, 7) is 6.60. The molecule has 2 aromatic rings. The summed E-state index contributed by atoms with van der Waals surface area (Å²) in [5, 5.41) is 3.00. The Kier molecular flexibility index (Phi) is 15.4. The maximum atomic E-state index is 13.9. The summed E-state index contributed by atoms with van der Waals surface area (Å²) in [5.41, 5.74) is 14.0. The van der Waals surface area contributed by atoms with E-state index in [0.717, 1.165) is 17.5 Å². The van der Waals surface area contributed by atoms with Gasteiger partial charge in [-0.1, -0.05) is 74.5 Å². The second-order valence-corrected chi connectivity index (χ2v) is 12.6. The van der Waals surface area contributed by atoms with Crippen LogP contribution >= 0.6 is 0 Å². The smallest absolute Gasteiger partial charge is 0.226 e. The van der Waals surface area contributed by atoms with Gasteiger partial charge in [0.1, 0.15) is 0 Å². The van der Waals surface area contributed by atoms with Gasteiger partial charge in [-0.3, -0.25) is 19.2 Å². The van der Waals surface area contributed by atoms with Gasteiger partial charge in [0.15, 0.2) is 11.6 Å². The van der Waals surface area contributed by atoms with Crippen LogP contribution in [0.3, 0.4) is 0 Å². The monoisotopic (exact) mass is 620 g/mol. The highest BCUT2D eigenvalue weighted by atomic mass is 16.5. The number of hydrogen-bond acceptors (Lipinski definition) is 7. The lowest BCUT2D eigenvalue weighted by Crippen LogP contribution is -2.47. The number of nitrogens with two attached hydrogens (primary N) is 2. The predicted octanol–water partition coefficient (Wildman–Crippen LogP) is 3.47. The fourth-order valence-corrected chi connectivity index (χ4v) is 5.85. The van der Waals surface area contributed by atoms with Crippen LogP contribution in [0, 0.1) is 17.8 Å². The normalized spacial score (nSPS) is 16.3. The molecule has 0 unspecified atom stereocenters. The molecule has 0 spiro atoms. The van der Waals surface area contributed by atoms with E-state index in [9.17, 15) is 19.2 Å². The van der Waals surface area contributed by atoms with Gasteiger partial charge < -0.3 is 26.4 Å². The molecule has 45 heavy (non-hydrogen) atoms. The lowest BCUT2D eigenvalue weighted by Gasteiger charge is -2.28. The first-order valence-corrected chi connectivity index (χ1v) is 16.4. The van der Waals surface area contributed by atoms with E-state index < -0.39 is 23.9 Å². The zero-order valence-electron chi connectivity index (χ0n) is 27.0. The maximum absolute atomic E-state index is 13.9. The van der Waals surface area contributed by atoms with Crippen LogP contribution in [0.4, 0.5) is 0 Å². The lowest BCUT2D eigenvalue weighted by molar-refractivity contribution is -0.139. The molecule has 0 bridgehead atoms. The number of carbonyl (C=O) groups is 4. The number of ether oxygens (including phenoxy) is 1. The first-order chi connectivity index (χ1) is 21.7. The van der Waals surface area contributed by atoms with Crippen molar-refractivity contribution in [2.45, 2.75) is 77.3 Å². The van der Waals surface area contributed by atoms with Gasteiger partial charge in [-0.2, -0.15) is 0 Å². The van der Waals surface area contributed by atoms with Crippen LogP contribution < -0.4 is 16.8 Å². The van der Waals surface area contributed by atoms with Crippen molar-refractivity contribution in [3.63, 3.8) is 0 Å². The van der Waals surface area contributed by atoms with Gasteiger partial charge in [0, 0.05) is 44.4 Å². The molecule has 1 fully saturated rings.